The number of piperidine rings is 1. The highest BCUT2D eigenvalue weighted by Gasteiger charge is 2.38. The molecule has 0 bridgehead atoms. The van der Waals surface area contributed by atoms with Crippen molar-refractivity contribution in [3.63, 3.8) is 0 Å². The normalized spacial score (nSPS) is 27.5. The van der Waals surface area contributed by atoms with Crippen LogP contribution in [0.2, 0.25) is 0 Å². The number of hydrogen-bond acceptors (Lipinski definition) is 2. The van der Waals surface area contributed by atoms with Crippen molar-refractivity contribution in [3.05, 3.63) is 48.0 Å². The van der Waals surface area contributed by atoms with Gasteiger partial charge in [0.25, 0.3) is 0 Å². The van der Waals surface area contributed by atoms with E-state index in [2.05, 4.69) is 41.8 Å². The molecular weight excluding hydrogens is 294 g/mol. The van der Waals surface area contributed by atoms with Gasteiger partial charge in [0, 0.05) is 25.0 Å². The molecule has 2 fully saturated rings. The van der Waals surface area contributed by atoms with Crippen LogP contribution in [-0.4, -0.2) is 22.8 Å². The molecule has 0 amide bonds. The van der Waals surface area contributed by atoms with Crippen LogP contribution in [0.3, 0.4) is 0 Å². The number of carbonyl (C=O) groups is 1. The Morgan fingerprint density at radius 3 is 2.58 bits per heavy atom. The van der Waals surface area contributed by atoms with E-state index >= 15 is 0 Å². The van der Waals surface area contributed by atoms with Gasteiger partial charge in [0.15, 0.2) is 0 Å². The van der Waals surface area contributed by atoms with Crippen molar-refractivity contribution in [1.29, 1.82) is 0 Å². The molecule has 130 valence electrons. The number of hydrogen-bond donors (Lipinski definition) is 0. The molecular formula is C22H31NO. The molecule has 1 aromatic rings. The number of rotatable bonds is 6. The summed E-state index contributed by atoms with van der Waals surface area (Å²) in [5.74, 6) is 1.14. The Balaban J connectivity index is 1.77. The Morgan fingerprint density at radius 2 is 1.83 bits per heavy atom. The van der Waals surface area contributed by atoms with Crippen LogP contribution < -0.4 is 0 Å². The van der Waals surface area contributed by atoms with Crippen LogP contribution in [0.25, 0.3) is 0 Å². The molecule has 1 unspecified atom stereocenters. The van der Waals surface area contributed by atoms with Crippen molar-refractivity contribution in [2.24, 2.45) is 5.92 Å². The Morgan fingerprint density at radius 1 is 1.08 bits per heavy atom. The SMILES string of the molecule is C=C(CCC(C)=O)C1CC[C@H]2CCCC[C@@H]2N1Cc1ccccc1. The third-order valence-corrected chi connectivity index (χ3v) is 5.98. The fourth-order valence-corrected chi connectivity index (χ4v) is 4.69. The smallest absolute Gasteiger partial charge is 0.130 e. The molecule has 3 rings (SSSR count). The molecule has 1 aromatic carbocycles. The highest BCUT2D eigenvalue weighted by Crippen LogP contribution is 2.40. The third-order valence-electron chi connectivity index (χ3n) is 5.98. The molecule has 0 radical (unpaired) electrons. The monoisotopic (exact) mass is 325 g/mol. The average Bonchev–Trinajstić information content (AvgIpc) is 2.61. The summed E-state index contributed by atoms with van der Waals surface area (Å²) in [5, 5.41) is 0. The topological polar surface area (TPSA) is 20.3 Å². The van der Waals surface area contributed by atoms with Crippen LogP contribution in [0.1, 0.15) is 63.9 Å². The molecule has 1 saturated carbocycles. The molecule has 0 spiro atoms. The van der Waals surface area contributed by atoms with Gasteiger partial charge in [0.05, 0.1) is 0 Å². The minimum absolute atomic E-state index is 0.275. The summed E-state index contributed by atoms with van der Waals surface area (Å²) in [5.41, 5.74) is 2.67. The van der Waals surface area contributed by atoms with E-state index in [1.807, 2.05) is 0 Å². The summed E-state index contributed by atoms with van der Waals surface area (Å²) < 4.78 is 0. The molecule has 2 heteroatoms. The third kappa shape index (κ3) is 4.16. The van der Waals surface area contributed by atoms with Crippen LogP contribution in [0.5, 0.6) is 0 Å². The summed E-state index contributed by atoms with van der Waals surface area (Å²) in [6.07, 6.45) is 9.52. The predicted molar refractivity (Wildman–Crippen MR) is 99.8 cm³/mol. The van der Waals surface area contributed by atoms with Crippen molar-refractivity contribution in [1.82, 2.24) is 4.90 Å². The van der Waals surface area contributed by atoms with Crippen LogP contribution in [0.4, 0.5) is 0 Å². The largest absolute Gasteiger partial charge is 0.300 e. The first-order valence-corrected chi connectivity index (χ1v) is 9.62. The predicted octanol–water partition coefficient (Wildman–Crippen LogP) is 5.14. The lowest BCUT2D eigenvalue weighted by atomic mass is 9.74. The minimum atomic E-state index is 0.275. The van der Waals surface area contributed by atoms with E-state index in [1.54, 1.807) is 6.92 Å². The van der Waals surface area contributed by atoms with Crippen molar-refractivity contribution in [3.8, 4) is 0 Å². The number of Topliss-reactive ketones (excluding diaryl/α,β-unsaturated/α-hetero) is 1. The molecule has 24 heavy (non-hydrogen) atoms. The van der Waals surface area contributed by atoms with Gasteiger partial charge < -0.3 is 4.79 Å². The van der Waals surface area contributed by atoms with Crippen molar-refractivity contribution < 1.29 is 4.79 Å². The van der Waals surface area contributed by atoms with Gasteiger partial charge in [-0.25, -0.2) is 0 Å². The van der Waals surface area contributed by atoms with E-state index in [9.17, 15) is 4.79 Å². The molecule has 3 atom stereocenters. The van der Waals surface area contributed by atoms with E-state index in [0.29, 0.717) is 18.5 Å². The van der Waals surface area contributed by atoms with Gasteiger partial charge in [0.2, 0.25) is 0 Å². The molecule has 2 nitrogen and oxygen atoms in total. The molecule has 2 aliphatic rings. The summed E-state index contributed by atoms with van der Waals surface area (Å²) >= 11 is 0. The van der Waals surface area contributed by atoms with Crippen molar-refractivity contribution in [2.75, 3.05) is 0 Å². The van der Waals surface area contributed by atoms with Gasteiger partial charge in [0.1, 0.15) is 5.78 Å². The molecule has 1 aliphatic carbocycles. The Hall–Kier alpha value is -1.41. The fraction of sp³-hybridized carbons (Fsp3) is 0.591. The summed E-state index contributed by atoms with van der Waals surface area (Å²) in [6, 6.07) is 12.0. The lowest BCUT2D eigenvalue weighted by Crippen LogP contribution is -2.52. The average molecular weight is 325 g/mol. The maximum atomic E-state index is 11.4. The number of nitrogens with zero attached hydrogens (tertiary/aromatic N) is 1. The van der Waals surface area contributed by atoms with E-state index in [4.69, 9.17) is 0 Å². The molecule has 0 N–H and O–H groups in total. The molecule has 1 saturated heterocycles. The lowest BCUT2D eigenvalue weighted by Gasteiger charge is -2.49. The first-order valence-electron chi connectivity index (χ1n) is 9.62. The maximum Gasteiger partial charge on any atom is 0.130 e. The van der Waals surface area contributed by atoms with E-state index in [0.717, 1.165) is 18.9 Å². The van der Waals surface area contributed by atoms with Crippen LogP contribution in [-0.2, 0) is 11.3 Å². The number of fused-ring (bicyclic) bond motifs is 1. The zero-order valence-electron chi connectivity index (χ0n) is 15.0. The first kappa shape index (κ1) is 17.4. The van der Waals surface area contributed by atoms with E-state index in [-0.39, 0.29) is 5.78 Å². The highest BCUT2D eigenvalue weighted by molar-refractivity contribution is 5.75. The fourth-order valence-electron chi connectivity index (χ4n) is 4.69. The highest BCUT2D eigenvalue weighted by atomic mass is 16.1. The van der Waals surface area contributed by atoms with Crippen LogP contribution in [0, 0.1) is 5.92 Å². The quantitative estimate of drug-likeness (QED) is 0.675. The van der Waals surface area contributed by atoms with Crippen LogP contribution >= 0.6 is 0 Å². The van der Waals surface area contributed by atoms with Gasteiger partial charge in [-0.3, -0.25) is 4.90 Å². The Labute approximate surface area is 146 Å². The van der Waals surface area contributed by atoms with Gasteiger partial charge in [-0.15, -0.1) is 0 Å². The number of likely N-dealkylation sites (tertiary alicyclic amines) is 1. The summed E-state index contributed by atoms with van der Waals surface area (Å²) in [6.45, 7) is 7.09. The van der Waals surface area contributed by atoms with Gasteiger partial charge >= 0.3 is 0 Å². The second-order valence-electron chi connectivity index (χ2n) is 7.72. The molecule has 1 heterocycles. The standard InChI is InChI=1S/C22H31NO/c1-17(12-13-18(2)24)21-15-14-20-10-6-7-11-22(20)23(21)16-19-8-4-3-5-9-19/h3-5,8-9,20-22H,1,6-7,10-16H2,2H3/t20-,21?,22+/m1/s1. The number of benzene rings is 1. The zero-order chi connectivity index (χ0) is 16.9. The first-order chi connectivity index (χ1) is 11.6. The number of ketones is 1. The van der Waals surface area contributed by atoms with E-state index < -0.39 is 0 Å². The van der Waals surface area contributed by atoms with Gasteiger partial charge in [-0.2, -0.15) is 0 Å². The van der Waals surface area contributed by atoms with Gasteiger partial charge in [-0.1, -0.05) is 55.3 Å². The number of carbonyl (C=O) groups excluding carboxylic acids is 1. The lowest BCUT2D eigenvalue weighted by molar-refractivity contribution is -0.117. The maximum absolute atomic E-state index is 11.4. The van der Waals surface area contributed by atoms with Crippen LogP contribution in [0.15, 0.2) is 42.5 Å². The Bertz CT molecular complexity index is 565. The zero-order valence-corrected chi connectivity index (χ0v) is 15.0. The van der Waals surface area contributed by atoms with Crippen molar-refractivity contribution in [2.45, 2.75) is 76.9 Å². The minimum Gasteiger partial charge on any atom is -0.300 e. The van der Waals surface area contributed by atoms with Gasteiger partial charge in [-0.05, 0) is 50.5 Å². The summed E-state index contributed by atoms with van der Waals surface area (Å²) in [4.78, 5) is 14.1. The van der Waals surface area contributed by atoms with E-state index in [1.165, 1.54) is 49.7 Å². The second-order valence-corrected chi connectivity index (χ2v) is 7.72. The molecule has 1 aliphatic heterocycles. The second kappa shape index (κ2) is 8.11. The van der Waals surface area contributed by atoms with Crippen molar-refractivity contribution >= 4 is 5.78 Å². The molecule has 0 aromatic heterocycles. The summed E-state index contributed by atoms with van der Waals surface area (Å²) in [7, 11) is 0. The Kier molecular flexibility index (Phi) is 5.89.